The van der Waals surface area contributed by atoms with Crippen LogP contribution >= 0.6 is 0 Å². The van der Waals surface area contributed by atoms with Gasteiger partial charge in [-0.15, -0.1) is 0 Å². The van der Waals surface area contributed by atoms with Crippen molar-refractivity contribution in [1.82, 2.24) is 14.7 Å². The number of anilines is 1. The number of sulfonamides is 1. The fraction of sp³-hybridized carbons (Fsp3) is 0.556. The smallest absolute Gasteiger partial charge is 0.244 e. The Kier molecular flexibility index (Phi) is 2.59. The van der Waals surface area contributed by atoms with E-state index in [0.717, 1.165) is 12.8 Å². The van der Waals surface area contributed by atoms with Gasteiger partial charge in [0.05, 0.1) is 12.4 Å². The van der Waals surface area contributed by atoms with Crippen molar-refractivity contribution in [2.75, 3.05) is 12.4 Å². The summed E-state index contributed by atoms with van der Waals surface area (Å²) in [5, 5.41) is 2.73. The Bertz CT molecular complexity index is 479. The molecule has 0 aliphatic heterocycles. The number of nitrogens with one attached hydrogen (secondary N) is 2. The van der Waals surface area contributed by atoms with Crippen LogP contribution in [0.25, 0.3) is 0 Å². The number of hydrogen-bond acceptors (Lipinski definition) is 5. The molecule has 1 fully saturated rings. The van der Waals surface area contributed by atoms with Crippen molar-refractivity contribution < 1.29 is 8.42 Å². The predicted octanol–water partition coefficient (Wildman–Crippen LogP) is 0.349. The summed E-state index contributed by atoms with van der Waals surface area (Å²) in [4.78, 5) is 7.84. The molecule has 0 bridgehead atoms. The molecule has 1 aliphatic rings. The van der Waals surface area contributed by atoms with Crippen LogP contribution in [0.2, 0.25) is 0 Å². The van der Waals surface area contributed by atoms with E-state index in [-0.39, 0.29) is 10.4 Å². The molecule has 1 saturated carbocycles. The standard InChI is InChI=1S/C9H14N4O2S/c1-9(3-4-9)13-16(14,15)7-5-11-8(10-2)12-6-7/h5-6,13H,3-4H2,1-2H3,(H,10,11,12). The maximum Gasteiger partial charge on any atom is 0.244 e. The third-order valence-corrected chi connectivity index (χ3v) is 4.14. The van der Waals surface area contributed by atoms with E-state index >= 15 is 0 Å². The third-order valence-electron chi connectivity index (χ3n) is 2.54. The molecular formula is C9H14N4O2S. The number of aromatic nitrogens is 2. The Labute approximate surface area is 94.6 Å². The first-order valence-corrected chi connectivity index (χ1v) is 6.47. The van der Waals surface area contributed by atoms with Gasteiger partial charge < -0.3 is 5.32 Å². The molecule has 0 saturated heterocycles. The Morgan fingerprint density at radius 2 is 1.88 bits per heavy atom. The first-order valence-electron chi connectivity index (χ1n) is 4.99. The molecule has 6 nitrogen and oxygen atoms in total. The highest BCUT2D eigenvalue weighted by Gasteiger charge is 2.41. The molecule has 1 heterocycles. The zero-order chi connectivity index (χ0) is 11.8. The maximum absolute atomic E-state index is 11.9. The van der Waals surface area contributed by atoms with Crippen molar-refractivity contribution in [3.63, 3.8) is 0 Å². The van der Waals surface area contributed by atoms with Gasteiger partial charge in [-0.3, -0.25) is 0 Å². The fourth-order valence-electron chi connectivity index (χ4n) is 1.26. The van der Waals surface area contributed by atoms with E-state index in [9.17, 15) is 8.42 Å². The van der Waals surface area contributed by atoms with E-state index in [1.807, 2.05) is 6.92 Å². The van der Waals surface area contributed by atoms with Crippen LogP contribution in [0.15, 0.2) is 17.3 Å². The van der Waals surface area contributed by atoms with E-state index in [4.69, 9.17) is 0 Å². The van der Waals surface area contributed by atoms with Crippen LogP contribution in [-0.2, 0) is 10.0 Å². The van der Waals surface area contributed by atoms with Crippen molar-refractivity contribution in [3.05, 3.63) is 12.4 Å². The summed E-state index contributed by atoms with van der Waals surface area (Å²) in [6.07, 6.45) is 4.35. The molecule has 88 valence electrons. The van der Waals surface area contributed by atoms with E-state index in [2.05, 4.69) is 20.0 Å². The van der Waals surface area contributed by atoms with Gasteiger partial charge in [-0.2, -0.15) is 0 Å². The molecule has 2 rings (SSSR count). The Balaban J connectivity index is 2.21. The van der Waals surface area contributed by atoms with Crippen molar-refractivity contribution in [3.8, 4) is 0 Å². The second-order valence-electron chi connectivity index (χ2n) is 4.16. The largest absolute Gasteiger partial charge is 0.357 e. The lowest BCUT2D eigenvalue weighted by Crippen LogP contribution is -2.34. The number of nitrogens with zero attached hydrogens (tertiary/aromatic N) is 2. The number of hydrogen-bond donors (Lipinski definition) is 2. The molecule has 0 amide bonds. The summed E-state index contributed by atoms with van der Waals surface area (Å²) < 4.78 is 26.4. The first-order chi connectivity index (χ1) is 7.45. The molecule has 16 heavy (non-hydrogen) atoms. The Hall–Kier alpha value is -1.21. The van der Waals surface area contributed by atoms with Crippen LogP contribution in [0, 0.1) is 0 Å². The van der Waals surface area contributed by atoms with E-state index in [0.29, 0.717) is 5.95 Å². The van der Waals surface area contributed by atoms with Crippen molar-refractivity contribution in [2.24, 2.45) is 0 Å². The van der Waals surface area contributed by atoms with Gasteiger partial charge in [-0.05, 0) is 19.8 Å². The lowest BCUT2D eigenvalue weighted by Gasteiger charge is -2.11. The van der Waals surface area contributed by atoms with Crippen LogP contribution in [0.4, 0.5) is 5.95 Å². The summed E-state index contributed by atoms with van der Waals surface area (Å²) in [5.74, 6) is 0.400. The van der Waals surface area contributed by atoms with Crippen LogP contribution in [0.1, 0.15) is 19.8 Å². The quantitative estimate of drug-likeness (QED) is 0.796. The van der Waals surface area contributed by atoms with Crippen molar-refractivity contribution in [1.29, 1.82) is 0 Å². The van der Waals surface area contributed by atoms with Gasteiger partial charge in [-0.1, -0.05) is 0 Å². The summed E-state index contributed by atoms with van der Waals surface area (Å²) in [7, 11) is -1.81. The molecule has 0 unspecified atom stereocenters. The lowest BCUT2D eigenvalue weighted by molar-refractivity contribution is 0.557. The SMILES string of the molecule is CNc1ncc(S(=O)(=O)NC2(C)CC2)cn1. The van der Waals surface area contributed by atoms with Crippen LogP contribution in [0.5, 0.6) is 0 Å². The van der Waals surface area contributed by atoms with E-state index in [1.165, 1.54) is 12.4 Å². The van der Waals surface area contributed by atoms with Gasteiger partial charge in [0.1, 0.15) is 4.90 Å². The molecule has 0 radical (unpaired) electrons. The average molecular weight is 242 g/mol. The fourth-order valence-corrected chi connectivity index (χ4v) is 2.61. The van der Waals surface area contributed by atoms with Gasteiger partial charge in [0.2, 0.25) is 16.0 Å². The second-order valence-corrected chi connectivity index (χ2v) is 5.84. The second kappa shape index (κ2) is 3.67. The maximum atomic E-state index is 11.9. The van der Waals surface area contributed by atoms with Gasteiger partial charge in [0.15, 0.2) is 0 Å². The Morgan fingerprint density at radius 1 is 1.31 bits per heavy atom. The lowest BCUT2D eigenvalue weighted by atomic mass is 10.4. The molecule has 1 aliphatic carbocycles. The third kappa shape index (κ3) is 2.30. The molecule has 2 N–H and O–H groups in total. The van der Waals surface area contributed by atoms with Crippen LogP contribution < -0.4 is 10.0 Å². The highest BCUT2D eigenvalue weighted by atomic mass is 32.2. The van der Waals surface area contributed by atoms with Gasteiger partial charge in [-0.25, -0.2) is 23.1 Å². The minimum absolute atomic E-state index is 0.0969. The first kappa shape index (κ1) is 11.3. The molecule has 7 heteroatoms. The summed E-state index contributed by atoms with van der Waals surface area (Å²) >= 11 is 0. The van der Waals surface area contributed by atoms with Gasteiger partial charge in [0, 0.05) is 12.6 Å². The molecule has 1 aromatic heterocycles. The minimum Gasteiger partial charge on any atom is -0.357 e. The summed E-state index contributed by atoms with van der Waals surface area (Å²) in [5.41, 5.74) is -0.277. The zero-order valence-electron chi connectivity index (χ0n) is 9.19. The monoisotopic (exact) mass is 242 g/mol. The highest BCUT2D eigenvalue weighted by molar-refractivity contribution is 7.89. The minimum atomic E-state index is -3.48. The molecule has 0 spiro atoms. The van der Waals surface area contributed by atoms with E-state index < -0.39 is 10.0 Å². The summed E-state index contributed by atoms with van der Waals surface area (Å²) in [6, 6.07) is 0. The predicted molar refractivity (Wildman–Crippen MR) is 59.5 cm³/mol. The molecular weight excluding hydrogens is 228 g/mol. The van der Waals surface area contributed by atoms with E-state index in [1.54, 1.807) is 7.05 Å². The van der Waals surface area contributed by atoms with Crippen molar-refractivity contribution >= 4 is 16.0 Å². The number of rotatable bonds is 4. The Morgan fingerprint density at radius 3 is 2.31 bits per heavy atom. The van der Waals surface area contributed by atoms with Crippen LogP contribution in [-0.4, -0.2) is 31.0 Å². The topological polar surface area (TPSA) is 84.0 Å². The van der Waals surface area contributed by atoms with Crippen molar-refractivity contribution in [2.45, 2.75) is 30.2 Å². The van der Waals surface area contributed by atoms with Gasteiger partial charge in [0.25, 0.3) is 0 Å². The highest BCUT2D eigenvalue weighted by Crippen LogP contribution is 2.35. The average Bonchev–Trinajstić information content (AvgIpc) is 2.95. The normalized spacial score (nSPS) is 18.1. The molecule has 1 aromatic rings. The summed E-state index contributed by atoms with van der Waals surface area (Å²) in [6.45, 7) is 1.88. The van der Waals surface area contributed by atoms with Crippen LogP contribution in [0.3, 0.4) is 0 Å². The zero-order valence-corrected chi connectivity index (χ0v) is 10.0. The molecule has 0 atom stereocenters. The molecule has 0 aromatic carbocycles. The van der Waals surface area contributed by atoms with Gasteiger partial charge >= 0.3 is 0 Å².